The predicted molar refractivity (Wildman–Crippen MR) is 141 cm³/mol. The van der Waals surface area contributed by atoms with Crippen molar-refractivity contribution in [3.8, 4) is 22.6 Å². The molecule has 0 spiro atoms. The van der Waals surface area contributed by atoms with Gasteiger partial charge in [-0.05, 0) is 78.2 Å². The van der Waals surface area contributed by atoms with Crippen molar-refractivity contribution in [1.29, 1.82) is 0 Å². The fourth-order valence-electron chi connectivity index (χ4n) is 5.42. The van der Waals surface area contributed by atoms with Crippen molar-refractivity contribution in [3.63, 3.8) is 0 Å². The van der Waals surface area contributed by atoms with E-state index in [1.54, 1.807) is 12.1 Å². The van der Waals surface area contributed by atoms with Crippen LogP contribution in [0.2, 0.25) is 0 Å². The molecule has 36 heavy (non-hydrogen) atoms. The molecule has 0 saturated carbocycles. The lowest BCUT2D eigenvalue weighted by Gasteiger charge is -2.31. The molecule has 0 amide bonds. The Morgan fingerprint density at radius 3 is 2.50 bits per heavy atom. The van der Waals surface area contributed by atoms with E-state index in [1.807, 2.05) is 30.3 Å². The summed E-state index contributed by atoms with van der Waals surface area (Å²) in [5.74, 6) is 0.469. The second-order valence-electron chi connectivity index (χ2n) is 9.58. The molecule has 182 valence electrons. The standard InChI is InChI=1S/C31H29NO4/c33-31(34)23-11-14-26-27-15-10-21-6-2-3-7-25(21)29(27)30(36-28(26)20-23)22-8-12-24(13-9-22)35-19-18-32-16-4-1-5-17-32/h2-3,6-15,20,30H,1,4-5,16-19H2,(H,33,34). The highest BCUT2D eigenvalue weighted by atomic mass is 16.5. The zero-order valence-electron chi connectivity index (χ0n) is 20.2. The Hall–Kier alpha value is -3.83. The fraction of sp³-hybridized carbons (Fsp3) is 0.258. The first-order chi connectivity index (χ1) is 17.7. The molecule has 5 nitrogen and oxygen atoms in total. The van der Waals surface area contributed by atoms with Gasteiger partial charge in [-0.15, -0.1) is 0 Å². The number of carboxylic acid groups (broad SMARTS) is 1. The van der Waals surface area contributed by atoms with Crippen LogP contribution in [0.4, 0.5) is 0 Å². The van der Waals surface area contributed by atoms with E-state index in [2.05, 4.69) is 41.3 Å². The summed E-state index contributed by atoms with van der Waals surface area (Å²) in [7, 11) is 0. The summed E-state index contributed by atoms with van der Waals surface area (Å²) < 4.78 is 12.6. The van der Waals surface area contributed by atoms with Crippen LogP contribution in [0.25, 0.3) is 21.9 Å². The molecule has 0 aliphatic carbocycles. The van der Waals surface area contributed by atoms with Crippen molar-refractivity contribution in [3.05, 3.63) is 95.6 Å². The van der Waals surface area contributed by atoms with Gasteiger partial charge in [-0.25, -0.2) is 4.79 Å². The number of piperidine rings is 1. The van der Waals surface area contributed by atoms with Crippen molar-refractivity contribution < 1.29 is 19.4 Å². The zero-order valence-corrected chi connectivity index (χ0v) is 20.2. The summed E-state index contributed by atoms with van der Waals surface area (Å²) >= 11 is 0. The number of carbonyl (C=O) groups is 1. The van der Waals surface area contributed by atoms with Crippen molar-refractivity contribution in [1.82, 2.24) is 4.90 Å². The van der Waals surface area contributed by atoms with Crippen LogP contribution in [0.3, 0.4) is 0 Å². The van der Waals surface area contributed by atoms with Gasteiger partial charge in [0.05, 0.1) is 5.56 Å². The molecule has 6 rings (SSSR count). The Labute approximate surface area is 210 Å². The highest BCUT2D eigenvalue weighted by Crippen LogP contribution is 2.47. The summed E-state index contributed by atoms with van der Waals surface area (Å²) in [6, 6.07) is 25.8. The fourth-order valence-corrected chi connectivity index (χ4v) is 5.42. The van der Waals surface area contributed by atoms with Gasteiger partial charge in [0.2, 0.25) is 0 Å². The third-order valence-corrected chi connectivity index (χ3v) is 7.30. The number of likely N-dealkylation sites (tertiary alicyclic amines) is 1. The predicted octanol–water partition coefficient (Wildman–Crippen LogP) is 6.55. The van der Waals surface area contributed by atoms with E-state index < -0.39 is 5.97 Å². The zero-order chi connectivity index (χ0) is 24.5. The molecule has 2 aliphatic heterocycles. The highest BCUT2D eigenvalue weighted by Gasteiger charge is 2.30. The lowest BCUT2D eigenvalue weighted by Crippen LogP contribution is -2.33. The molecule has 1 unspecified atom stereocenters. The minimum absolute atomic E-state index is 0.217. The molecule has 0 aromatic heterocycles. The molecular formula is C31H29NO4. The number of ether oxygens (including phenoxy) is 2. The summed E-state index contributed by atoms with van der Waals surface area (Å²) in [6.45, 7) is 3.97. The number of benzene rings is 4. The second-order valence-corrected chi connectivity index (χ2v) is 9.58. The molecule has 1 N–H and O–H groups in total. The Morgan fingerprint density at radius 2 is 1.69 bits per heavy atom. The minimum atomic E-state index is -0.965. The number of carboxylic acids is 1. The van der Waals surface area contributed by atoms with Gasteiger partial charge in [-0.3, -0.25) is 4.90 Å². The summed E-state index contributed by atoms with van der Waals surface area (Å²) in [6.07, 6.45) is 3.54. The van der Waals surface area contributed by atoms with Crippen LogP contribution >= 0.6 is 0 Å². The van der Waals surface area contributed by atoms with E-state index >= 15 is 0 Å². The first-order valence-electron chi connectivity index (χ1n) is 12.7. The van der Waals surface area contributed by atoms with E-state index in [9.17, 15) is 9.90 Å². The van der Waals surface area contributed by atoms with Gasteiger partial charge in [0, 0.05) is 17.7 Å². The second kappa shape index (κ2) is 9.67. The highest BCUT2D eigenvalue weighted by molar-refractivity contribution is 5.96. The van der Waals surface area contributed by atoms with Gasteiger partial charge in [0.15, 0.2) is 6.10 Å². The molecular weight excluding hydrogens is 450 g/mol. The molecule has 1 atom stereocenters. The van der Waals surface area contributed by atoms with Crippen molar-refractivity contribution >= 4 is 16.7 Å². The van der Waals surface area contributed by atoms with Gasteiger partial charge >= 0.3 is 5.97 Å². The third-order valence-electron chi connectivity index (χ3n) is 7.30. The van der Waals surface area contributed by atoms with Gasteiger partial charge < -0.3 is 14.6 Å². The number of fused-ring (bicyclic) bond motifs is 5. The van der Waals surface area contributed by atoms with Gasteiger partial charge in [-0.1, -0.05) is 55.0 Å². The van der Waals surface area contributed by atoms with Crippen LogP contribution in [0.1, 0.15) is 46.9 Å². The van der Waals surface area contributed by atoms with Gasteiger partial charge in [-0.2, -0.15) is 0 Å². The first-order valence-corrected chi connectivity index (χ1v) is 12.7. The van der Waals surface area contributed by atoms with E-state index in [1.165, 1.54) is 32.4 Å². The quantitative estimate of drug-likeness (QED) is 0.340. The Balaban J connectivity index is 1.32. The van der Waals surface area contributed by atoms with E-state index in [-0.39, 0.29) is 11.7 Å². The number of nitrogens with zero attached hydrogens (tertiary/aromatic N) is 1. The monoisotopic (exact) mass is 479 g/mol. The minimum Gasteiger partial charge on any atom is -0.492 e. The molecule has 2 heterocycles. The molecule has 5 heteroatoms. The molecule has 0 radical (unpaired) electrons. The lowest BCUT2D eigenvalue weighted by molar-refractivity contribution is 0.0696. The average Bonchev–Trinajstić information content (AvgIpc) is 2.93. The largest absolute Gasteiger partial charge is 0.492 e. The Morgan fingerprint density at radius 1 is 0.917 bits per heavy atom. The van der Waals surface area contributed by atoms with E-state index in [0.717, 1.165) is 45.3 Å². The number of aromatic carboxylic acids is 1. The van der Waals surface area contributed by atoms with Crippen molar-refractivity contribution in [2.24, 2.45) is 0 Å². The summed E-state index contributed by atoms with van der Waals surface area (Å²) in [5.41, 5.74) is 4.30. The third kappa shape index (κ3) is 4.31. The van der Waals surface area contributed by atoms with Crippen LogP contribution in [0.15, 0.2) is 78.9 Å². The Kier molecular flexibility index (Phi) is 6.08. The molecule has 2 aliphatic rings. The maximum absolute atomic E-state index is 11.6. The van der Waals surface area contributed by atoms with Gasteiger partial charge in [0.25, 0.3) is 0 Å². The van der Waals surface area contributed by atoms with Crippen LogP contribution in [0, 0.1) is 0 Å². The maximum Gasteiger partial charge on any atom is 0.335 e. The molecule has 1 saturated heterocycles. The number of hydrogen-bond donors (Lipinski definition) is 1. The van der Waals surface area contributed by atoms with E-state index in [4.69, 9.17) is 9.47 Å². The molecule has 0 bridgehead atoms. The van der Waals surface area contributed by atoms with Crippen LogP contribution in [-0.4, -0.2) is 42.2 Å². The molecule has 4 aromatic carbocycles. The molecule has 4 aromatic rings. The lowest BCUT2D eigenvalue weighted by atomic mass is 9.85. The van der Waals surface area contributed by atoms with Crippen LogP contribution < -0.4 is 9.47 Å². The van der Waals surface area contributed by atoms with Crippen molar-refractivity contribution in [2.75, 3.05) is 26.2 Å². The average molecular weight is 480 g/mol. The first kappa shape index (κ1) is 22.6. The number of hydrogen-bond acceptors (Lipinski definition) is 4. The number of rotatable bonds is 6. The van der Waals surface area contributed by atoms with E-state index in [0.29, 0.717) is 12.4 Å². The molecule has 1 fully saturated rings. The topological polar surface area (TPSA) is 59.0 Å². The Bertz CT molecular complexity index is 1410. The summed E-state index contributed by atoms with van der Waals surface area (Å²) in [5, 5.41) is 11.8. The van der Waals surface area contributed by atoms with Gasteiger partial charge in [0.1, 0.15) is 18.1 Å². The maximum atomic E-state index is 11.6. The summed E-state index contributed by atoms with van der Waals surface area (Å²) in [4.78, 5) is 14.1. The SMILES string of the molecule is O=C(O)c1ccc2c(c1)OC(c1ccc(OCCN3CCCCC3)cc1)c1c-2ccc2ccccc12. The normalized spacial score (nSPS) is 17.2. The smallest absolute Gasteiger partial charge is 0.335 e. The van der Waals surface area contributed by atoms with Crippen LogP contribution in [-0.2, 0) is 0 Å². The van der Waals surface area contributed by atoms with Crippen LogP contribution in [0.5, 0.6) is 11.5 Å². The van der Waals surface area contributed by atoms with Crippen molar-refractivity contribution in [2.45, 2.75) is 25.4 Å².